The third-order valence-corrected chi connectivity index (χ3v) is 0.957. The summed E-state index contributed by atoms with van der Waals surface area (Å²) in [5.41, 5.74) is 0. The van der Waals surface area contributed by atoms with Gasteiger partial charge in [0, 0.05) is 63.9 Å². The predicted octanol–water partition coefficient (Wildman–Crippen LogP) is -1.58. The summed E-state index contributed by atoms with van der Waals surface area (Å²) in [4.78, 5) is 0. The van der Waals surface area contributed by atoms with Gasteiger partial charge in [0.05, 0.1) is 0 Å². The van der Waals surface area contributed by atoms with Crippen molar-refractivity contribution in [1.29, 1.82) is 0 Å². The minimum absolute atomic E-state index is 0. The van der Waals surface area contributed by atoms with Crippen LogP contribution in [0.2, 0.25) is 0 Å². The average molecular weight is 100 g/mol. The fraction of sp³-hybridized carbons (Fsp3) is 1.00. The summed E-state index contributed by atoms with van der Waals surface area (Å²) in [5.74, 6) is 0. The van der Waals surface area contributed by atoms with Crippen LogP contribution in [-0.2, 0) is 0 Å². The molecule has 1 heterocycles. The molecule has 1 aliphatic rings. The summed E-state index contributed by atoms with van der Waals surface area (Å²) < 4.78 is 0. The number of hydrogen-bond donors (Lipinski definition) is 2. The summed E-state index contributed by atoms with van der Waals surface area (Å²) in [7, 11) is 0. The first kappa shape index (κ1) is 11.9. The molecular formula is C4H10Li2N2. The van der Waals surface area contributed by atoms with E-state index < -0.39 is 0 Å². The van der Waals surface area contributed by atoms with Crippen molar-refractivity contribution in [3.05, 3.63) is 0 Å². The van der Waals surface area contributed by atoms with Gasteiger partial charge in [0.1, 0.15) is 0 Å². The zero-order chi connectivity index (χ0) is 4.24. The van der Waals surface area contributed by atoms with Crippen LogP contribution in [0.1, 0.15) is 0 Å². The van der Waals surface area contributed by atoms with Gasteiger partial charge in [0.2, 0.25) is 0 Å². The van der Waals surface area contributed by atoms with Crippen molar-refractivity contribution in [3.8, 4) is 0 Å². The Balaban J connectivity index is 0. The Bertz CT molecular complexity index is 27.5. The quantitative estimate of drug-likeness (QED) is 0.359. The maximum Gasteiger partial charge on any atom is 0.00772 e. The van der Waals surface area contributed by atoms with E-state index in [0.29, 0.717) is 0 Å². The minimum Gasteiger partial charge on any atom is -0.314 e. The molecule has 1 aliphatic heterocycles. The summed E-state index contributed by atoms with van der Waals surface area (Å²) in [6.45, 7) is 4.56. The molecule has 0 aliphatic carbocycles. The van der Waals surface area contributed by atoms with Gasteiger partial charge < -0.3 is 10.6 Å². The van der Waals surface area contributed by atoms with Crippen LogP contribution in [-0.4, -0.2) is 63.9 Å². The van der Waals surface area contributed by atoms with Gasteiger partial charge >= 0.3 is 0 Å². The summed E-state index contributed by atoms with van der Waals surface area (Å²) in [6.07, 6.45) is 0. The largest absolute Gasteiger partial charge is 0.314 e. The zero-order valence-corrected chi connectivity index (χ0v) is 5.83. The second-order valence-corrected chi connectivity index (χ2v) is 1.50. The number of piperazine rings is 1. The Kier molecular flexibility index (Phi) is 12.0. The molecule has 0 aromatic carbocycles. The molecule has 2 N–H and O–H groups in total. The van der Waals surface area contributed by atoms with E-state index >= 15 is 0 Å². The van der Waals surface area contributed by atoms with Crippen molar-refractivity contribution in [2.45, 2.75) is 0 Å². The zero-order valence-electron chi connectivity index (χ0n) is 5.83. The SMILES string of the molecule is C1CNCCN1.[Li].[Li]. The van der Waals surface area contributed by atoms with Crippen molar-refractivity contribution in [2.75, 3.05) is 26.2 Å². The molecule has 1 rings (SSSR count). The number of hydrogen-bond acceptors (Lipinski definition) is 2. The molecule has 38 valence electrons. The van der Waals surface area contributed by atoms with Crippen LogP contribution in [0.25, 0.3) is 0 Å². The van der Waals surface area contributed by atoms with E-state index in [0.717, 1.165) is 26.2 Å². The first-order valence-corrected chi connectivity index (χ1v) is 2.41. The van der Waals surface area contributed by atoms with E-state index in [1.54, 1.807) is 0 Å². The van der Waals surface area contributed by atoms with Gasteiger partial charge in [0.25, 0.3) is 0 Å². The molecule has 0 aromatic heterocycles. The van der Waals surface area contributed by atoms with Gasteiger partial charge in [-0.2, -0.15) is 0 Å². The molecule has 0 saturated carbocycles. The second kappa shape index (κ2) is 8.11. The van der Waals surface area contributed by atoms with Crippen LogP contribution < -0.4 is 10.6 Å². The van der Waals surface area contributed by atoms with Gasteiger partial charge in [-0.25, -0.2) is 0 Å². The van der Waals surface area contributed by atoms with Crippen molar-refractivity contribution < 1.29 is 0 Å². The van der Waals surface area contributed by atoms with Crippen molar-refractivity contribution in [2.24, 2.45) is 0 Å². The van der Waals surface area contributed by atoms with E-state index in [2.05, 4.69) is 10.6 Å². The fourth-order valence-corrected chi connectivity index (χ4v) is 0.604. The average Bonchev–Trinajstić information content (AvgIpc) is 1.72. The van der Waals surface area contributed by atoms with E-state index in [1.165, 1.54) is 0 Å². The predicted molar refractivity (Wildman–Crippen MR) is 37.2 cm³/mol. The molecule has 0 unspecified atom stereocenters. The van der Waals surface area contributed by atoms with Crippen molar-refractivity contribution >= 4 is 37.7 Å². The van der Waals surface area contributed by atoms with Gasteiger partial charge in [-0.1, -0.05) is 0 Å². The summed E-state index contributed by atoms with van der Waals surface area (Å²) in [6, 6.07) is 0. The maximum atomic E-state index is 3.22. The molecule has 0 amide bonds. The van der Waals surface area contributed by atoms with Crippen LogP contribution in [0.3, 0.4) is 0 Å². The molecule has 1 fully saturated rings. The van der Waals surface area contributed by atoms with E-state index in [9.17, 15) is 0 Å². The fourth-order valence-electron chi connectivity index (χ4n) is 0.604. The van der Waals surface area contributed by atoms with Crippen LogP contribution in [0.15, 0.2) is 0 Å². The van der Waals surface area contributed by atoms with Crippen molar-refractivity contribution in [3.63, 3.8) is 0 Å². The maximum absolute atomic E-state index is 3.22. The Morgan fingerprint density at radius 2 is 0.875 bits per heavy atom. The van der Waals surface area contributed by atoms with Crippen LogP contribution >= 0.6 is 0 Å². The van der Waals surface area contributed by atoms with E-state index in [4.69, 9.17) is 0 Å². The number of rotatable bonds is 0. The standard InChI is InChI=1S/C4H10N2.2Li/c1-2-6-4-3-5-1;;/h5-6H,1-4H2;;. The van der Waals surface area contributed by atoms with Gasteiger partial charge in [-0.15, -0.1) is 0 Å². The molecule has 0 spiro atoms. The molecule has 2 radical (unpaired) electrons. The molecule has 8 heavy (non-hydrogen) atoms. The molecule has 0 atom stereocenters. The molecular weight excluding hydrogens is 89.9 g/mol. The van der Waals surface area contributed by atoms with Gasteiger partial charge in [0.15, 0.2) is 0 Å². The smallest absolute Gasteiger partial charge is 0.00772 e. The third kappa shape index (κ3) is 5.26. The summed E-state index contributed by atoms with van der Waals surface area (Å²) in [5, 5.41) is 6.44. The second-order valence-electron chi connectivity index (χ2n) is 1.50. The normalized spacial score (nSPS) is 18.0. The Hall–Kier alpha value is 1.11. The molecule has 2 nitrogen and oxygen atoms in total. The first-order chi connectivity index (χ1) is 3.00. The molecule has 1 saturated heterocycles. The Morgan fingerprint density at radius 3 is 1.00 bits per heavy atom. The van der Waals surface area contributed by atoms with Crippen LogP contribution in [0.5, 0.6) is 0 Å². The van der Waals surface area contributed by atoms with Crippen molar-refractivity contribution in [1.82, 2.24) is 10.6 Å². The topological polar surface area (TPSA) is 24.1 Å². The Morgan fingerprint density at radius 1 is 0.625 bits per heavy atom. The van der Waals surface area contributed by atoms with E-state index in [-0.39, 0.29) is 37.7 Å². The van der Waals surface area contributed by atoms with Gasteiger partial charge in [-0.3, -0.25) is 0 Å². The Labute approximate surface area is 74.5 Å². The van der Waals surface area contributed by atoms with E-state index in [1.807, 2.05) is 0 Å². The van der Waals surface area contributed by atoms with Crippen LogP contribution in [0, 0.1) is 0 Å². The van der Waals surface area contributed by atoms with Crippen LogP contribution in [0.4, 0.5) is 0 Å². The monoisotopic (exact) mass is 100 g/mol. The molecule has 0 bridgehead atoms. The minimum atomic E-state index is 0. The molecule has 4 heteroatoms. The number of nitrogens with one attached hydrogen (secondary N) is 2. The third-order valence-electron chi connectivity index (χ3n) is 0.957. The first-order valence-electron chi connectivity index (χ1n) is 2.41. The summed E-state index contributed by atoms with van der Waals surface area (Å²) >= 11 is 0. The van der Waals surface area contributed by atoms with Gasteiger partial charge in [-0.05, 0) is 0 Å². The molecule has 0 aromatic rings.